The third-order valence-corrected chi connectivity index (χ3v) is 3.49. The molecule has 19 heavy (non-hydrogen) atoms. The van der Waals surface area contributed by atoms with Crippen LogP contribution in [-0.2, 0) is 4.74 Å². The normalized spacial score (nSPS) is 17.7. The summed E-state index contributed by atoms with van der Waals surface area (Å²) in [6, 6.07) is 3.72. The molecule has 6 nitrogen and oxygen atoms in total. The van der Waals surface area contributed by atoms with Crippen molar-refractivity contribution >= 4 is 11.7 Å². The van der Waals surface area contributed by atoms with Crippen molar-refractivity contribution in [3.8, 4) is 0 Å². The number of nitrogens with zero attached hydrogens (tertiary/aromatic N) is 3. The molecule has 0 radical (unpaired) electrons. The van der Waals surface area contributed by atoms with Gasteiger partial charge in [0.05, 0.1) is 0 Å². The van der Waals surface area contributed by atoms with Crippen molar-refractivity contribution in [1.82, 2.24) is 4.98 Å². The van der Waals surface area contributed by atoms with Crippen molar-refractivity contribution in [3.05, 3.63) is 23.9 Å². The molecule has 1 fully saturated rings. The van der Waals surface area contributed by atoms with Gasteiger partial charge in [-0.1, -0.05) is 5.16 Å². The Morgan fingerprint density at radius 3 is 2.79 bits per heavy atom. The predicted molar refractivity (Wildman–Crippen MR) is 73.6 cm³/mol. The lowest BCUT2D eigenvalue weighted by Gasteiger charge is -2.32. The molecule has 1 aliphatic rings. The molecule has 0 amide bonds. The number of amidine groups is 1. The Kier molecular flexibility index (Phi) is 4.57. The first-order valence-electron chi connectivity index (χ1n) is 6.42. The summed E-state index contributed by atoms with van der Waals surface area (Å²) < 4.78 is 5.19. The predicted octanol–water partition coefficient (Wildman–Crippen LogP) is 1.04. The summed E-state index contributed by atoms with van der Waals surface area (Å²) >= 11 is 0. The first-order chi connectivity index (χ1) is 9.24. The Morgan fingerprint density at radius 2 is 2.26 bits per heavy atom. The molecule has 104 valence electrons. The lowest BCUT2D eigenvalue weighted by atomic mass is 9.98. The van der Waals surface area contributed by atoms with Gasteiger partial charge in [0.1, 0.15) is 5.82 Å². The molecule has 0 unspecified atom stereocenters. The number of piperidine rings is 1. The smallest absolute Gasteiger partial charge is 0.171 e. The van der Waals surface area contributed by atoms with Gasteiger partial charge in [-0.25, -0.2) is 4.98 Å². The summed E-state index contributed by atoms with van der Waals surface area (Å²) in [6.07, 6.45) is 3.88. The standard InChI is InChI=1S/C13H20N4O2/c1-19-9-10-4-6-17(7-5-10)12-3-2-11(8-15-12)13(14)16-18/h2-3,8,10,18H,4-7,9H2,1H3,(H2,14,16). The molecule has 2 heterocycles. The topological polar surface area (TPSA) is 84.0 Å². The number of ether oxygens (including phenoxy) is 1. The number of hydrogen-bond donors (Lipinski definition) is 2. The maximum absolute atomic E-state index is 8.60. The number of anilines is 1. The molecule has 0 bridgehead atoms. The summed E-state index contributed by atoms with van der Waals surface area (Å²) in [4.78, 5) is 6.62. The zero-order chi connectivity index (χ0) is 13.7. The second-order valence-corrected chi connectivity index (χ2v) is 4.78. The van der Waals surface area contributed by atoms with Crippen LogP contribution in [0.3, 0.4) is 0 Å². The first kappa shape index (κ1) is 13.6. The highest BCUT2D eigenvalue weighted by atomic mass is 16.5. The Balaban J connectivity index is 1.96. The Morgan fingerprint density at radius 1 is 1.53 bits per heavy atom. The van der Waals surface area contributed by atoms with Gasteiger partial charge in [0.15, 0.2) is 5.84 Å². The van der Waals surface area contributed by atoms with E-state index in [-0.39, 0.29) is 5.84 Å². The summed E-state index contributed by atoms with van der Waals surface area (Å²) in [7, 11) is 1.75. The third kappa shape index (κ3) is 3.35. The van der Waals surface area contributed by atoms with Crippen LogP contribution in [0.25, 0.3) is 0 Å². The second-order valence-electron chi connectivity index (χ2n) is 4.78. The summed E-state index contributed by atoms with van der Waals surface area (Å²) in [5, 5.41) is 11.6. The van der Waals surface area contributed by atoms with E-state index in [1.807, 2.05) is 12.1 Å². The molecule has 1 aliphatic heterocycles. The van der Waals surface area contributed by atoms with Gasteiger partial charge >= 0.3 is 0 Å². The molecule has 3 N–H and O–H groups in total. The molecule has 6 heteroatoms. The van der Waals surface area contributed by atoms with Crippen LogP contribution in [0.1, 0.15) is 18.4 Å². The monoisotopic (exact) mass is 264 g/mol. The van der Waals surface area contributed by atoms with Gasteiger partial charge in [-0.2, -0.15) is 0 Å². The zero-order valence-electron chi connectivity index (χ0n) is 11.1. The van der Waals surface area contributed by atoms with Crippen LogP contribution < -0.4 is 10.6 Å². The molecule has 0 atom stereocenters. The number of rotatable bonds is 4. The van der Waals surface area contributed by atoms with Crippen LogP contribution in [0.2, 0.25) is 0 Å². The van der Waals surface area contributed by atoms with Crippen LogP contribution in [0.15, 0.2) is 23.5 Å². The lowest BCUT2D eigenvalue weighted by Crippen LogP contribution is -2.35. The van der Waals surface area contributed by atoms with Gasteiger partial charge in [-0.05, 0) is 30.9 Å². The van der Waals surface area contributed by atoms with Gasteiger partial charge in [0.25, 0.3) is 0 Å². The maximum atomic E-state index is 8.60. The minimum absolute atomic E-state index is 0.0813. The number of pyridine rings is 1. The van der Waals surface area contributed by atoms with E-state index in [4.69, 9.17) is 15.7 Å². The number of aromatic nitrogens is 1. The van der Waals surface area contributed by atoms with Crippen molar-refractivity contribution in [3.63, 3.8) is 0 Å². The summed E-state index contributed by atoms with van der Waals surface area (Å²) in [6.45, 7) is 2.82. The fourth-order valence-electron chi connectivity index (χ4n) is 2.35. The number of oxime groups is 1. The average molecular weight is 264 g/mol. The number of nitrogens with two attached hydrogens (primary N) is 1. The molecular weight excluding hydrogens is 244 g/mol. The van der Waals surface area contributed by atoms with Crippen molar-refractivity contribution in [2.45, 2.75) is 12.8 Å². The highest BCUT2D eigenvalue weighted by Crippen LogP contribution is 2.21. The van der Waals surface area contributed by atoms with Gasteiger partial charge in [0, 0.05) is 38.6 Å². The molecule has 1 aromatic heterocycles. The van der Waals surface area contributed by atoms with Gasteiger partial charge in [0.2, 0.25) is 0 Å². The summed E-state index contributed by atoms with van der Waals surface area (Å²) in [5.41, 5.74) is 6.13. The minimum Gasteiger partial charge on any atom is -0.409 e. The first-order valence-corrected chi connectivity index (χ1v) is 6.42. The average Bonchev–Trinajstić information content (AvgIpc) is 2.48. The van der Waals surface area contributed by atoms with E-state index in [9.17, 15) is 0 Å². The van der Waals surface area contributed by atoms with Gasteiger partial charge in [-0.15, -0.1) is 0 Å². The fourth-order valence-corrected chi connectivity index (χ4v) is 2.35. The summed E-state index contributed by atoms with van der Waals surface area (Å²) in [5.74, 6) is 1.67. The Hall–Kier alpha value is -1.82. The van der Waals surface area contributed by atoms with Crippen molar-refractivity contribution < 1.29 is 9.94 Å². The van der Waals surface area contributed by atoms with Crippen LogP contribution in [0.5, 0.6) is 0 Å². The van der Waals surface area contributed by atoms with Crippen LogP contribution in [0.4, 0.5) is 5.82 Å². The van der Waals surface area contributed by atoms with Gasteiger partial charge < -0.3 is 20.6 Å². The largest absolute Gasteiger partial charge is 0.409 e. The van der Waals surface area contributed by atoms with E-state index in [1.165, 1.54) is 0 Å². The highest BCUT2D eigenvalue weighted by Gasteiger charge is 2.19. The van der Waals surface area contributed by atoms with E-state index >= 15 is 0 Å². The second kappa shape index (κ2) is 6.38. The van der Waals surface area contributed by atoms with Crippen molar-refractivity contribution in [1.29, 1.82) is 0 Å². The molecule has 0 spiro atoms. The van der Waals surface area contributed by atoms with Gasteiger partial charge in [-0.3, -0.25) is 0 Å². The minimum atomic E-state index is 0.0813. The molecule has 1 aromatic rings. The SMILES string of the molecule is COCC1CCN(c2ccc(C(N)=NO)cn2)CC1. The van der Waals surface area contributed by atoms with Crippen LogP contribution in [-0.4, -0.2) is 42.8 Å². The molecule has 0 saturated carbocycles. The molecular formula is C13H20N4O2. The highest BCUT2D eigenvalue weighted by molar-refractivity contribution is 5.96. The molecule has 1 saturated heterocycles. The van der Waals surface area contributed by atoms with Crippen LogP contribution in [0, 0.1) is 5.92 Å². The third-order valence-electron chi connectivity index (χ3n) is 3.49. The van der Waals surface area contributed by atoms with Crippen molar-refractivity contribution in [2.75, 3.05) is 31.7 Å². The van der Waals surface area contributed by atoms with E-state index in [0.717, 1.165) is 38.4 Å². The number of hydrogen-bond acceptors (Lipinski definition) is 5. The van der Waals surface area contributed by atoms with Crippen molar-refractivity contribution in [2.24, 2.45) is 16.8 Å². The zero-order valence-corrected chi connectivity index (χ0v) is 11.1. The molecule has 0 aliphatic carbocycles. The fraction of sp³-hybridized carbons (Fsp3) is 0.538. The van der Waals surface area contributed by atoms with Crippen LogP contribution >= 0.6 is 0 Å². The van der Waals surface area contributed by atoms with E-state index in [0.29, 0.717) is 11.5 Å². The number of methoxy groups -OCH3 is 1. The Bertz CT molecular complexity index is 425. The Labute approximate surface area is 112 Å². The quantitative estimate of drug-likeness (QED) is 0.367. The molecule has 0 aromatic carbocycles. The van der Waals surface area contributed by atoms with E-state index in [2.05, 4.69) is 15.0 Å². The molecule has 2 rings (SSSR count). The maximum Gasteiger partial charge on any atom is 0.171 e. The lowest BCUT2D eigenvalue weighted by molar-refractivity contribution is 0.139. The van der Waals surface area contributed by atoms with E-state index < -0.39 is 0 Å². The van der Waals surface area contributed by atoms with E-state index in [1.54, 1.807) is 13.3 Å².